The highest BCUT2D eigenvalue weighted by Gasteiger charge is 2.07. The molecule has 0 saturated heterocycles. The summed E-state index contributed by atoms with van der Waals surface area (Å²) in [5.41, 5.74) is 3.34. The number of hydrogen-bond acceptors (Lipinski definition) is 3. The SMILES string of the molecule is CC(=O)c1cccc(-c2ccc3c(=O)[nH]c(Nc4ccccc4)cc3c2)c1. The summed E-state index contributed by atoms with van der Waals surface area (Å²) >= 11 is 0. The van der Waals surface area contributed by atoms with Crippen LogP contribution in [0.25, 0.3) is 21.9 Å². The number of H-pyrrole nitrogens is 1. The van der Waals surface area contributed by atoms with Gasteiger partial charge in [0, 0.05) is 16.6 Å². The fourth-order valence-corrected chi connectivity index (χ4v) is 3.11. The molecule has 27 heavy (non-hydrogen) atoms. The Hall–Kier alpha value is -3.66. The fourth-order valence-electron chi connectivity index (χ4n) is 3.11. The number of hydrogen-bond donors (Lipinski definition) is 2. The summed E-state index contributed by atoms with van der Waals surface area (Å²) in [6, 6.07) is 24.8. The van der Waals surface area contributed by atoms with Crippen LogP contribution in [0.5, 0.6) is 0 Å². The highest BCUT2D eigenvalue weighted by Crippen LogP contribution is 2.25. The molecule has 132 valence electrons. The van der Waals surface area contributed by atoms with E-state index < -0.39 is 0 Å². The average Bonchev–Trinajstić information content (AvgIpc) is 2.68. The number of fused-ring (bicyclic) bond motifs is 1. The number of ketones is 1. The lowest BCUT2D eigenvalue weighted by molar-refractivity contribution is 0.101. The Labute approximate surface area is 156 Å². The lowest BCUT2D eigenvalue weighted by Gasteiger charge is -2.09. The number of carbonyl (C=O) groups is 1. The molecule has 4 rings (SSSR count). The van der Waals surface area contributed by atoms with E-state index >= 15 is 0 Å². The van der Waals surface area contributed by atoms with Crippen molar-refractivity contribution in [2.24, 2.45) is 0 Å². The van der Waals surface area contributed by atoms with Gasteiger partial charge in [0.05, 0.1) is 0 Å². The maximum absolute atomic E-state index is 12.4. The van der Waals surface area contributed by atoms with Crippen LogP contribution < -0.4 is 10.9 Å². The van der Waals surface area contributed by atoms with Crippen molar-refractivity contribution in [1.82, 2.24) is 4.98 Å². The molecule has 0 spiro atoms. The topological polar surface area (TPSA) is 62.0 Å². The van der Waals surface area contributed by atoms with E-state index in [4.69, 9.17) is 0 Å². The summed E-state index contributed by atoms with van der Waals surface area (Å²) < 4.78 is 0. The molecule has 4 heteroatoms. The van der Waals surface area contributed by atoms with Gasteiger partial charge in [-0.15, -0.1) is 0 Å². The zero-order valence-corrected chi connectivity index (χ0v) is 14.8. The quantitative estimate of drug-likeness (QED) is 0.499. The predicted octanol–water partition coefficient (Wildman–Crippen LogP) is 5.14. The molecule has 0 aliphatic carbocycles. The van der Waals surface area contributed by atoms with Gasteiger partial charge in [-0.05, 0) is 59.8 Å². The van der Waals surface area contributed by atoms with Crippen molar-refractivity contribution >= 4 is 28.1 Å². The standard InChI is InChI=1S/C23H18N2O2/c1-15(26)16-6-5-7-17(12-16)18-10-11-21-19(13-18)14-22(25-23(21)27)24-20-8-3-2-4-9-20/h2-14H,1H3,(H2,24,25,27). The van der Waals surface area contributed by atoms with Gasteiger partial charge in [-0.1, -0.05) is 42.5 Å². The highest BCUT2D eigenvalue weighted by atomic mass is 16.1. The molecule has 4 nitrogen and oxygen atoms in total. The van der Waals surface area contributed by atoms with Gasteiger partial charge in [-0.3, -0.25) is 9.59 Å². The molecule has 0 fully saturated rings. The zero-order valence-electron chi connectivity index (χ0n) is 14.8. The molecule has 3 aromatic carbocycles. The Bertz CT molecular complexity index is 1190. The third kappa shape index (κ3) is 3.51. The summed E-state index contributed by atoms with van der Waals surface area (Å²) in [7, 11) is 0. The van der Waals surface area contributed by atoms with Crippen molar-refractivity contribution in [3.8, 4) is 11.1 Å². The first kappa shape index (κ1) is 16.8. The molecule has 0 radical (unpaired) electrons. The Morgan fingerprint density at radius 3 is 2.41 bits per heavy atom. The molecule has 2 N–H and O–H groups in total. The first-order valence-electron chi connectivity index (χ1n) is 8.71. The molecule has 0 unspecified atom stereocenters. The maximum Gasteiger partial charge on any atom is 0.257 e. The monoisotopic (exact) mass is 354 g/mol. The number of aromatic amines is 1. The number of aromatic nitrogens is 1. The largest absolute Gasteiger partial charge is 0.342 e. The Morgan fingerprint density at radius 1 is 0.852 bits per heavy atom. The molecule has 0 saturated carbocycles. The molecule has 4 aromatic rings. The van der Waals surface area contributed by atoms with E-state index in [0.29, 0.717) is 16.8 Å². The van der Waals surface area contributed by atoms with E-state index in [1.807, 2.05) is 72.8 Å². The maximum atomic E-state index is 12.4. The van der Waals surface area contributed by atoms with Gasteiger partial charge in [-0.2, -0.15) is 0 Å². The van der Waals surface area contributed by atoms with Crippen LogP contribution in [-0.2, 0) is 0 Å². The minimum atomic E-state index is -0.144. The van der Waals surface area contributed by atoms with Crippen LogP contribution in [0.2, 0.25) is 0 Å². The molecule has 0 bridgehead atoms. The molecular weight excluding hydrogens is 336 g/mol. The Balaban J connectivity index is 1.78. The fraction of sp³-hybridized carbons (Fsp3) is 0.0435. The van der Waals surface area contributed by atoms with Crippen molar-refractivity contribution in [3.63, 3.8) is 0 Å². The number of nitrogens with one attached hydrogen (secondary N) is 2. The second-order valence-electron chi connectivity index (χ2n) is 6.44. The smallest absolute Gasteiger partial charge is 0.257 e. The summed E-state index contributed by atoms with van der Waals surface area (Å²) in [4.78, 5) is 27.0. The first-order valence-corrected chi connectivity index (χ1v) is 8.71. The number of rotatable bonds is 4. The predicted molar refractivity (Wildman–Crippen MR) is 110 cm³/mol. The van der Waals surface area contributed by atoms with Gasteiger partial charge in [-0.25, -0.2) is 0 Å². The van der Waals surface area contributed by atoms with Gasteiger partial charge in [0.2, 0.25) is 0 Å². The number of carbonyl (C=O) groups excluding carboxylic acids is 1. The van der Waals surface area contributed by atoms with Gasteiger partial charge < -0.3 is 10.3 Å². The van der Waals surface area contributed by atoms with Crippen molar-refractivity contribution < 1.29 is 4.79 Å². The van der Waals surface area contributed by atoms with Crippen LogP contribution in [-0.4, -0.2) is 10.8 Å². The van der Waals surface area contributed by atoms with E-state index in [1.165, 1.54) is 0 Å². The van der Waals surface area contributed by atoms with Crippen molar-refractivity contribution in [3.05, 3.63) is 94.8 Å². The number of pyridine rings is 1. The summed E-state index contributed by atoms with van der Waals surface area (Å²) in [6.07, 6.45) is 0. The number of benzene rings is 3. The normalized spacial score (nSPS) is 10.7. The number of Topliss-reactive ketones (excluding diaryl/α,β-unsaturated/α-hetero) is 1. The summed E-state index contributed by atoms with van der Waals surface area (Å²) in [5.74, 6) is 0.664. The molecule has 1 aromatic heterocycles. The van der Waals surface area contributed by atoms with Crippen LogP contribution in [0, 0.1) is 0 Å². The van der Waals surface area contributed by atoms with Crippen LogP contribution in [0.4, 0.5) is 11.5 Å². The zero-order chi connectivity index (χ0) is 18.8. The molecule has 0 amide bonds. The second-order valence-corrected chi connectivity index (χ2v) is 6.44. The summed E-state index contributed by atoms with van der Waals surface area (Å²) in [6.45, 7) is 1.56. The van der Waals surface area contributed by atoms with E-state index in [9.17, 15) is 9.59 Å². The van der Waals surface area contributed by atoms with Crippen LogP contribution >= 0.6 is 0 Å². The number of anilines is 2. The Kier molecular flexibility index (Phi) is 4.30. The van der Waals surface area contributed by atoms with Crippen LogP contribution in [0.15, 0.2) is 83.7 Å². The minimum absolute atomic E-state index is 0.0310. The second kappa shape index (κ2) is 6.92. The highest BCUT2D eigenvalue weighted by molar-refractivity contribution is 5.96. The van der Waals surface area contributed by atoms with Gasteiger partial charge in [0.25, 0.3) is 5.56 Å². The first-order chi connectivity index (χ1) is 13.1. The third-order valence-corrected chi connectivity index (χ3v) is 4.50. The van der Waals surface area contributed by atoms with Crippen molar-refractivity contribution in [2.45, 2.75) is 6.92 Å². The molecule has 0 aliphatic heterocycles. The summed E-state index contributed by atoms with van der Waals surface area (Å²) in [5, 5.41) is 4.68. The lowest BCUT2D eigenvalue weighted by atomic mass is 9.99. The third-order valence-electron chi connectivity index (χ3n) is 4.50. The average molecular weight is 354 g/mol. The Morgan fingerprint density at radius 2 is 1.63 bits per heavy atom. The van der Waals surface area contributed by atoms with Gasteiger partial charge in [0.15, 0.2) is 5.78 Å². The molecule has 0 atom stereocenters. The molecule has 1 heterocycles. The minimum Gasteiger partial charge on any atom is -0.342 e. The number of para-hydroxylation sites is 1. The molecular formula is C23H18N2O2. The van der Waals surface area contributed by atoms with E-state index in [1.54, 1.807) is 13.0 Å². The van der Waals surface area contributed by atoms with Gasteiger partial charge >= 0.3 is 0 Å². The van der Waals surface area contributed by atoms with Crippen molar-refractivity contribution in [1.29, 1.82) is 0 Å². The van der Waals surface area contributed by atoms with E-state index in [2.05, 4.69) is 10.3 Å². The van der Waals surface area contributed by atoms with Crippen LogP contribution in [0.1, 0.15) is 17.3 Å². The van der Waals surface area contributed by atoms with E-state index in [0.717, 1.165) is 22.2 Å². The molecule has 0 aliphatic rings. The van der Waals surface area contributed by atoms with E-state index in [-0.39, 0.29) is 11.3 Å². The lowest BCUT2D eigenvalue weighted by Crippen LogP contribution is -2.08. The van der Waals surface area contributed by atoms with Crippen LogP contribution in [0.3, 0.4) is 0 Å². The van der Waals surface area contributed by atoms with Crippen molar-refractivity contribution in [2.75, 3.05) is 5.32 Å². The van der Waals surface area contributed by atoms with Gasteiger partial charge in [0.1, 0.15) is 5.82 Å².